The highest BCUT2D eigenvalue weighted by Gasteiger charge is 2.43. The highest BCUT2D eigenvalue weighted by atomic mass is 19.4. The molecular weight excluding hydrogens is 631 g/mol. The molecule has 1 aliphatic rings. The first-order chi connectivity index (χ1) is 22.5. The molecule has 14 heteroatoms. The lowest BCUT2D eigenvalue weighted by Crippen LogP contribution is -2.59. The molecule has 3 amide bonds. The standard InChI is InChI=1S/C34H40F3N5O6/c1-20(2)26(27(43)29-38-25(48-41-29)18-22-13-9-14-23(17-22)34(35,36)37)39-30(44)24-15-10-16-42(24)31(45)28(33(3,4)5)40-32(46)47-19-21-11-7-6-8-12-21/h6-9,11-14,17,20,24,26,28H,10,15-16,18-19H2,1-5H3,(H,39,44)(H,40,46)/t24-,26?,28+/m0/s1. The SMILES string of the molecule is CC(C)C(NC(=O)[C@@H]1CCCN1C(=O)[C@@H](NC(=O)OCc1ccccc1)C(C)(C)C)C(=O)c1noc(Cc2cccc(C(F)(F)F)c2)n1. The van der Waals surface area contributed by atoms with Gasteiger partial charge in [0.05, 0.1) is 18.0 Å². The molecule has 1 saturated heterocycles. The Morgan fingerprint density at radius 2 is 1.69 bits per heavy atom. The minimum atomic E-state index is -4.52. The Balaban J connectivity index is 1.42. The molecule has 11 nitrogen and oxygen atoms in total. The molecule has 3 atom stereocenters. The zero-order valence-corrected chi connectivity index (χ0v) is 27.5. The van der Waals surface area contributed by atoms with Crippen LogP contribution < -0.4 is 10.6 Å². The molecule has 1 aliphatic heterocycles. The number of nitrogens with one attached hydrogen (secondary N) is 2. The highest BCUT2D eigenvalue weighted by molar-refractivity contribution is 6.00. The van der Waals surface area contributed by atoms with E-state index in [1.54, 1.807) is 46.8 Å². The van der Waals surface area contributed by atoms with Crippen LogP contribution in [0.2, 0.25) is 0 Å². The van der Waals surface area contributed by atoms with Crippen LogP contribution in [0.25, 0.3) is 0 Å². The van der Waals surface area contributed by atoms with Crippen LogP contribution in [0.4, 0.5) is 18.0 Å². The van der Waals surface area contributed by atoms with Gasteiger partial charge in [-0.25, -0.2) is 4.79 Å². The van der Waals surface area contributed by atoms with E-state index in [2.05, 4.69) is 20.8 Å². The lowest BCUT2D eigenvalue weighted by molar-refractivity contribution is -0.142. The molecule has 4 rings (SSSR count). The number of halogens is 3. The van der Waals surface area contributed by atoms with Crippen molar-refractivity contribution in [1.29, 1.82) is 0 Å². The summed E-state index contributed by atoms with van der Waals surface area (Å²) in [5.74, 6) is -2.48. The number of amides is 3. The van der Waals surface area contributed by atoms with Crippen molar-refractivity contribution in [2.45, 2.75) is 84.8 Å². The number of ketones is 1. The van der Waals surface area contributed by atoms with E-state index < -0.39 is 64.9 Å². The molecule has 258 valence electrons. The predicted molar refractivity (Wildman–Crippen MR) is 167 cm³/mol. The van der Waals surface area contributed by atoms with Crippen LogP contribution in [0.5, 0.6) is 0 Å². The van der Waals surface area contributed by atoms with Gasteiger partial charge in [-0.15, -0.1) is 0 Å². The molecule has 1 unspecified atom stereocenters. The van der Waals surface area contributed by atoms with Gasteiger partial charge in [-0.2, -0.15) is 18.2 Å². The van der Waals surface area contributed by atoms with Crippen molar-refractivity contribution in [2.24, 2.45) is 11.3 Å². The molecule has 1 aromatic heterocycles. The van der Waals surface area contributed by atoms with Crippen molar-refractivity contribution in [2.75, 3.05) is 6.54 Å². The number of hydrogen-bond acceptors (Lipinski definition) is 8. The third-order valence-corrected chi connectivity index (χ3v) is 7.97. The Morgan fingerprint density at radius 1 is 1.00 bits per heavy atom. The molecule has 1 fully saturated rings. The molecule has 0 saturated carbocycles. The molecular formula is C34H40F3N5O6. The number of rotatable bonds is 11. The molecule has 0 bridgehead atoms. The molecule has 48 heavy (non-hydrogen) atoms. The van der Waals surface area contributed by atoms with Gasteiger partial charge in [-0.1, -0.05) is 88.3 Å². The van der Waals surface area contributed by atoms with Crippen LogP contribution in [0.15, 0.2) is 59.1 Å². The van der Waals surface area contributed by atoms with Crippen LogP contribution in [-0.4, -0.2) is 63.4 Å². The number of alkyl halides is 3. The van der Waals surface area contributed by atoms with Gasteiger partial charge in [0.2, 0.25) is 29.3 Å². The molecule has 0 radical (unpaired) electrons. The maximum atomic E-state index is 13.8. The first-order valence-electron chi connectivity index (χ1n) is 15.7. The van der Waals surface area contributed by atoms with Crippen molar-refractivity contribution in [3.8, 4) is 0 Å². The summed E-state index contributed by atoms with van der Waals surface area (Å²) in [6, 6.07) is 10.7. The lowest BCUT2D eigenvalue weighted by Gasteiger charge is -2.35. The fourth-order valence-electron chi connectivity index (χ4n) is 5.38. The number of ether oxygens (including phenoxy) is 1. The summed E-state index contributed by atoms with van der Waals surface area (Å²) in [5, 5.41) is 9.13. The highest BCUT2D eigenvalue weighted by Crippen LogP contribution is 2.30. The Kier molecular flexibility index (Phi) is 11.3. The third-order valence-electron chi connectivity index (χ3n) is 7.97. The van der Waals surface area contributed by atoms with Crippen molar-refractivity contribution in [3.05, 3.63) is 83.0 Å². The van der Waals surface area contributed by atoms with Crippen LogP contribution >= 0.6 is 0 Å². The zero-order valence-electron chi connectivity index (χ0n) is 27.5. The molecule has 3 aromatic rings. The number of benzene rings is 2. The van der Waals surface area contributed by atoms with E-state index in [4.69, 9.17) is 9.26 Å². The monoisotopic (exact) mass is 671 g/mol. The average Bonchev–Trinajstić information content (AvgIpc) is 3.71. The molecule has 2 N–H and O–H groups in total. The topological polar surface area (TPSA) is 144 Å². The van der Waals surface area contributed by atoms with Gasteiger partial charge in [-0.3, -0.25) is 14.4 Å². The van der Waals surface area contributed by atoms with Gasteiger partial charge in [0.15, 0.2) is 0 Å². The van der Waals surface area contributed by atoms with Gasteiger partial charge >= 0.3 is 12.3 Å². The summed E-state index contributed by atoms with van der Waals surface area (Å²) in [6.07, 6.45) is -4.55. The van der Waals surface area contributed by atoms with Crippen molar-refractivity contribution < 1.29 is 41.6 Å². The maximum absolute atomic E-state index is 13.8. The first-order valence-corrected chi connectivity index (χ1v) is 15.7. The van der Waals surface area contributed by atoms with Crippen molar-refractivity contribution >= 4 is 23.7 Å². The largest absolute Gasteiger partial charge is 0.445 e. The average molecular weight is 672 g/mol. The van der Waals surface area contributed by atoms with Crippen LogP contribution in [-0.2, 0) is 33.5 Å². The van der Waals surface area contributed by atoms with Crippen LogP contribution in [0, 0.1) is 11.3 Å². The van der Waals surface area contributed by atoms with Crippen molar-refractivity contribution in [1.82, 2.24) is 25.7 Å². The lowest BCUT2D eigenvalue weighted by atomic mass is 9.85. The van der Waals surface area contributed by atoms with Crippen molar-refractivity contribution in [3.63, 3.8) is 0 Å². The van der Waals surface area contributed by atoms with E-state index in [0.717, 1.165) is 17.7 Å². The number of likely N-dealkylation sites (tertiary alicyclic amines) is 1. The first kappa shape index (κ1) is 36.1. The number of alkyl carbamates (subject to hydrolysis) is 1. The van der Waals surface area contributed by atoms with E-state index in [1.165, 1.54) is 17.0 Å². The quantitative estimate of drug-likeness (QED) is 0.260. The zero-order chi connectivity index (χ0) is 35.2. The number of nitrogens with zero attached hydrogens (tertiary/aromatic N) is 3. The van der Waals surface area contributed by atoms with E-state index in [-0.39, 0.29) is 36.9 Å². The smallest absolute Gasteiger partial charge is 0.416 e. The summed E-state index contributed by atoms with van der Waals surface area (Å²) >= 11 is 0. The Morgan fingerprint density at radius 3 is 2.33 bits per heavy atom. The minimum absolute atomic E-state index is 0.0181. The van der Waals surface area contributed by atoms with Gasteiger partial charge < -0.3 is 24.8 Å². The van der Waals surface area contributed by atoms with E-state index >= 15 is 0 Å². The Hall–Kier alpha value is -4.75. The summed E-state index contributed by atoms with van der Waals surface area (Å²) < 4.78 is 49.8. The third kappa shape index (κ3) is 9.20. The number of carbonyl (C=O) groups is 4. The van der Waals surface area contributed by atoms with Crippen LogP contribution in [0.3, 0.4) is 0 Å². The Bertz CT molecular complexity index is 1600. The summed E-state index contributed by atoms with van der Waals surface area (Å²) in [4.78, 5) is 59.1. The molecule has 2 heterocycles. The van der Waals surface area contributed by atoms with E-state index in [1.807, 2.05) is 18.2 Å². The predicted octanol–water partition coefficient (Wildman–Crippen LogP) is 5.33. The number of aromatic nitrogens is 2. The minimum Gasteiger partial charge on any atom is -0.445 e. The fourth-order valence-corrected chi connectivity index (χ4v) is 5.38. The molecule has 0 aliphatic carbocycles. The van der Waals surface area contributed by atoms with Gasteiger partial charge in [-0.05, 0) is 41.4 Å². The maximum Gasteiger partial charge on any atom is 0.416 e. The van der Waals surface area contributed by atoms with Crippen LogP contribution in [0.1, 0.15) is 80.7 Å². The number of carbonyl (C=O) groups excluding carboxylic acids is 4. The van der Waals surface area contributed by atoms with Gasteiger partial charge in [0, 0.05) is 6.54 Å². The van der Waals surface area contributed by atoms with Gasteiger partial charge in [0.25, 0.3) is 0 Å². The summed E-state index contributed by atoms with van der Waals surface area (Å²) in [5.41, 5.74) is -0.512. The fraction of sp³-hybridized carbons (Fsp3) is 0.471. The Labute approximate surface area is 276 Å². The summed E-state index contributed by atoms with van der Waals surface area (Å²) in [7, 11) is 0. The number of Topliss-reactive ketones (excluding diaryl/α,β-unsaturated/α-hetero) is 1. The molecule has 2 aromatic carbocycles. The second-order valence-corrected chi connectivity index (χ2v) is 13.2. The van der Waals surface area contributed by atoms with E-state index in [0.29, 0.717) is 12.8 Å². The second-order valence-electron chi connectivity index (χ2n) is 13.2. The van der Waals surface area contributed by atoms with E-state index in [9.17, 15) is 32.3 Å². The normalized spacial score (nSPS) is 16.4. The summed E-state index contributed by atoms with van der Waals surface area (Å²) in [6.45, 7) is 9.08. The van der Waals surface area contributed by atoms with Gasteiger partial charge in [0.1, 0.15) is 18.7 Å². The second kappa shape index (κ2) is 15.0. The number of hydrogen-bond donors (Lipinski definition) is 2. The molecule has 0 spiro atoms.